The lowest BCUT2D eigenvalue weighted by atomic mass is 9.96. The molecule has 0 amide bonds. The van der Waals surface area contributed by atoms with Gasteiger partial charge in [-0.2, -0.15) is 0 Å². The highest BCUT2D eigenvalue weighted by atomic mass is 16.6. The van der Waals surface area contributed by atoms with Gasteiger partial charge in [-0.05, 0) is 26.8 Å². The van der Waals surface area contributed by atoms with Crippen LogP contribution < -0.4 is 0 Å². The maximum atomic E-state index is 10.3. The van der Waals surface area contributed by atoms with Crippen LogP contribution in [0, 0.1) is 5.92 Å². The topological polar surface area (TPSA) is 38.7 Å². The summed E-state index contributed by atoms with van der Waals surface area (Å²) in [6, 6.07) is 0. The molecule has 1 aliphatic carbocycles. The van der Waals surface area contributed by atoms with Crippen molar-refractivity contribution in [2.24, 2.45) is 11.1 Å². The Hall–Kier alpha value is -1.38. The molecule has 3 heteroatoms. The minimum absolute atomic E-state index is 0.00477. The molecule has 0 saturated heterocycles. The van der Waals surface area contributed by atoms with E-state index in [0.29, 0.717) is 6.42 Å². The average Bonchev–Trinajstić information content (AvgIpc) is 2.16. The van der Waals surface area contributed by atoms with Crippen LogP contribution in [0.15, 0.2) is 29.5 Å². The average molecular weight is 206 g/mol. The minimum Gasteiger partial charge on any atom is -0.390 e. The van der Waals surface area contributed by atoms with Crippen molar-refractivity contribution in [3.05, 3.63) is 24.3 Å². The molecular formula is C12H16NO2. The summed E-state index contributed by atoms with van der Waals surface area (Å²) in [5, 5.41) is 4.05. The molecule has 0 aliphatic heterocycles. The third-order valence-corrected chi connectivity index (χ3v) is 1.83. The monoisotopic (exact) mass is 206 g/mol. The largest absolute Gasteiger partial charge is 0.390 e. The van der Waals surface area contributed by atoms with Gasteiger partial charge in [0.15, 0.2) is 6.29 Å². The summed E-state index contributed by atoms with van der Waals surface area (Å²) >= 11 is 0. The number of hydrogen-bond acceptors (Lipinski definition) is 3. The molecule has 1 radical (unpaired) electrons. The molecule has 0 aromatic carbocycles. The maximum Gasteiger partial charge on any atom is 0.199 e. The highest BCUT2D eigenvalue weighted by molar-refractivity contribution is 5.99. The molecule has 0 bridgehead atoms. The van der Waals surface area contributed by atoms with E-state index in [0.717, 1.165) is 5.71 Å². The van der Waals surface area contributed by atoms with Gasteiger partial charge in [0.25, 0.3) is 0 Å². The lowest BCUT2D eigenvalue weighted by Crippen LogP contribution is -2.19. The van der Waals surface area contributed by atoms with E-state index in [2.05, 4.69) is 5.16 Å². The Balaban J connectivity index is 2.69. The second-order valence-electron chi connectivity index (χ2n) is 4.42. The molecule has 1 unspecified atom stereocenters. The van der Waals surface area contributed by atoms with Gasteiger partial charge < -0.3 is 4.84 Å². The molecule has 0 heterocycles. The molecule has 3 nitrogen and oxygen atoms in total. The molecule has 0 N–H and O–H groups in total. The van der Waals surface area contributed by atoms with Crippen molar-refractivity contribution >= 4 is 12.0 Å². The summed E-state index contributed by atoms with van der Waals surface area (Å²) in [4.78, 5) is 15.7. The van der Waals surface area contributed by atoms with Crippen LogP contribution in [-0.2, 0) is 9.63 Å². The molecule has 1 aliphatic rings. The van der Waals surface area contributed by atoms with Crippen LogP contribution in [0.1, 0.15) is 27.2 Å². The summed E-state index contributed by atoms with van der Waals surface area (Å²) in [7, 11) is 0. The molecule has 0 saturated carbocycles. The van der Waals surface area contributed by atoms with E-state index >= 15 is 0 Å². The quantitative estimate of drug-likeness (QED) is 0.665. The van der Waals surface area contributed by atoms with Crippen LogP contribution in [-0.4, -0.2) is 17.6 Å². The molecular weight excluding hydrogens is 190 g/mol. The predicted octanol–water partition coefficient (Wildman–Crippen LogP) is 2.40. The summed E-state index contributed by atoms with van der Waals surface area (Å²) in [6.45, 7) is 5.79. The Labute approximate surface area is 90.5 Å². The molecule has 0 fully saturated rings. The Kier molecular flexibility index (Phi) is 3.83. The van der Waals surface area contributed by atoms with E-state index in [1.807, 2.05) is 51.4 Å². The van der Waals surface area contributed by atoms with Crippen molar-refractivity contribution in [2.45, 2.75) is 32.8 Å². The van der Waals surface area contributed by atoms with Crippen LogP contribution in [0.25, 0.3) is 0 Å². The standard InChI is InChI=1S/C12H16NO2/c1-12(2,3)15-13-11-7-5-4-6-10(11)8-9-14/h4-7,10H,8H2,1-3H3/b13-11-. The number of allylic oxidation sites excluding steroid dienone is 4. The van der Waals surface area contributed by atoms with Gasteiger partial charge in [0.2, 0.25) is 0 Å². The SMILES string of the molecule is CC(C)(C)O/N=C1/C=CC=CC1C[C]=O. The fourth-order valence-corrected chi connectivity index (χ4v) is 1.12. The normalized spacial score (nSPS) is 23.1. The Morgan fingerprint density at radius 2 is 2.20 bits per heavy atom. The summed E-state index contributed by atoms with van der Waals surface area (Å²) in [6.07, 6.45) is 9.78. The minimum atomic E-state index is -0.308. The Bertz CT molecular complexity index is 308. The molecule has 0 aromatic heterocycles. The third kappa shape index (κ3) is 4.11. The molecule has 81 valence electrons. The van der Waals surface area contributed by atoms with Gasteiger partial charge in [0.1, 0.15) is 5.60 Å². The first-order valence-corrected chi connectivity index (χ1v) is 4.99. The van der Waals surface area contributed by atoms with Gasteiger partial charge in [-0.15, -0.1) is 0 Å². The number of nitrogens with zero attached hydrogens (tertiary/aromatic N) is 1. The van der Waals surface area contributed by atoms with Crippen LogP contribution in [0.3, 0.4) is 0 Å². The fourth-order valence-electron chi connectivity index (χ4n) is 1.12. The predicted molar refractivity (Wildman–Crippen MR) is 60.4 cm³/mol. The van der Waals surface area contributed by atoms with Crippen molar-refractivity contribution in [3.8, 4) is 0 Å². The summed E-state index contributed by atoms with van der Waals surface area (Å²) in [5.74, 6) is -0.00477. The first-order valence-electron chi connectivity index (χ1n) is 4.99. The van der Waals surface area contributed by atoms with Gasteiger partial charge in [0.05, 0.1) is 5.71 Å². The number of oxime groups is 1. The van der Waals surface area contributed by atoms with Gasteiger partial charge in [-0.1, -0.05) is 23.4 Å². The highest BCUT2D eigenvalue weighted by Gasteiger charge is 2.16. The zero-order valence-corrected chi connectivity index (χ0v) is 9.36. The number of hydrogen-bond donors (Lipinski definition) is 0. The highest BCUT2D eigenvalue weighted by Crippen LogP contribution is 2.15. The van der Waals surface area contributed by atoms with Gasteiger partial charge >= 0.3 is 0 Å². The van der Waals surface area contributed by atoms with Crippen LogP contribution in [0.2, 0.25) is 0 Å². The van der Waals surface area contributed by atoms with Crippen molar-refractivity contribution in [2.75, 3.05) is 0 Å². The summed E-state index contributed by atoms with van der Waals surface area (Å²) in [5.41, 5.74) is 0.466. The van der Waals surface area contributed by atoms with Crippen LogP contribution in [0.4, 0.5) is 0 Å². The second kappa shape index (κ2) is 4.91. The second-order valence-corrected chi connectivity index (χ2v) is 4.42. The Morgan fingerprint density at radius 1 is 1.47 bits per heavy atom. The van der Waals surface area contributed by atoms with Gasteiger partial charge in [0, 0.05) is 12.3 Å². The van der Waals surface area contributed by atoms with E-state index in [9.17, 15) is 4.79 Å². The van der Waals surface area contributed by atoms with E-state index in [-0.39, 0.29) is 11.5 Å². The summed E-state index contributed by atoms with van der Waals surface area (Å²) < 4.78 is 0. The molecule has 15 heavy (non-hydrogen) atoms. The van der Waals surface area contributed by atoms with E-state index in [1.54, 1.807) is 0 Å². The molecule has 1 atom stereocenters. The van der Waals surface area contributed by atoms with Crippen molar-refractivity contribution in [1.82, 2.24) is 0 Å². The molecule has 1 rings (SSSR count). The lowest BCUT2D eigenvalue weighted by molar-refractivity contribution is 0.000476. The third-order valence-electron chi connectivity index (χ3n) is 1.83. The molecule has 0 aromatic rings. The first kappa shape index (κ1) is 11.7. The Morgan fingerprint density at radius 3 is 2.80 bits per heavy atom. The lowest BCUT2D eigenvalue weighted by Gasteiger charge is -2.18. The van der Waals surface area contributed by atoms with E-state index < -0.39 is 0 Å². The molecule has 0 spiro atoms. The smallest absolute Gasteiger partial charge is 0.199 e. The van der Waals surface area contributed by atoms with Gasteiger partial charge in [-0.25, -0.2) is 0 Å². The zero-order valence-electron chi connectivity index (χ0n) is 9.36. The van der Waals surface area contributed by atoms with Crippen molar-refractivity contribution in [1.29, 1.82) is 0 Å². The van der Waals surface area contributed by atoms with Crippen molar-refractivity contribution < 1.29 is 9.63 Å². The fraction of sp³-hybridized carbons (Fsp3) is 0.500. The van der Waals surface area contributed by atoms with Crippen LogP contribution in [0.5, 0.6) is 0 Å². The van der Waals surface area contributed by atoms with Crippen molar-refractivity contribution in [3.63, 3.8) is 0 Å². The first-order chi connectivity index (χ1) is 7.03. The number of rotatable bonds is 3. The zero-order chi connectivity index (χ0) is 11.3. The van der Waals surface area contributed by atoms with E-state index in [1.165, 1.54) is 0 Å². The van der Waals surface area contributed by atoms with Gasteiger partial charge in [-0.3, -0.25) is 4.79 Å². The van der Waals surface area contributed by atoms with E-state index in [4.69, 9.17) is 4.84 Å². The number of carbonyl (C=O) groups excluding carboxylic acids is 1. The maximum absolute atomic E-state index is 10.3. The van der Waals surface area contributed by atoms with Crippen LogP contribution >= 0.6 is 0 Å².